The Morgan fingerprint density at radius 3 is 2.44 bits per heavy atom. The molecule has 0 radical (unpaired) electrons. The van der Waals surface area contributed by atoms with Crippen molar-refractivity contribution < 1.29 is 31.5 Å². The van der Waals surface area contributed by atoms with Gasteiger partial charge < -0.3 is 9.47 Å². The number of sulfonamides is 1. The first-order chi connectivity index (χ1) is 12.5. The Bertz CT molecular complexity index is 983. The van der Waals surface area contributed by atoms with Crippen LogP contribution in [-0.2, 0) is 10.0 Å². The molecule has 1 aromatic heterocycles. The van der Waals surface area contributed by atoms with Crippen molar-refractivity contribution >= 4 is 27.5 Å². The van der Waals surface area contributed by atoms with E-state index in [2.05, 4.69) is 4.98 Å². The summed E-state index contributed by atoms with van der Waals surface area (Å²) in [6.45, 7) is 3.56. The molecule has 0 saturated carbocycles. The first-order valence-electron chi connectivity index (χ1n) is 7.47. The van der Waals surface area contributed by atoms with Crippen LogP contribution in [0.2, 0.25) is 5.02 Å². The van der Waals surface area contributed by atoms with Gasteiger partial charge in [0, 0.05) is 12.1 Å². The Labute approximate surface area is 159 Å². The molecule has 0 aliphatic heterocycles. The van der Waals surface area contributed by atoms with E-state index in [-0.39, 0.29) is 22.8 Å². The van der Waals surface area contributed by atoms with Crippen LogP contribution < -0.4 is 14.2 Å². The van der Waals surface area contributed by atoms with Crippen LogP contribution in [0, 0.1) is 11.6 Å². The van der Waals surface area contributed by atoms with Gasteiger partial charge in [0.1, 0.15) is 16.6 Å². The van der Waals surface area contributed by atoms with Crippen LogP contribution in [0.4, 0.5) is 8.78 Å². The van der Waals surface area contributed by atoms with Crippen molar-refractivity contribution in [2.75, 3.05) is 6.26 Å². The number of carbonyl (C=O) groups is 1. The Hall–Kier alpha value is -2.46. The van der Waals surface area contributed by atoms with Crippen molar-refractivity contribution in [3.05, 3.63) is 46.6 Å². The SMILES string of the molecule is CC(C)Oc1ncc(Oc2cc(F)c(C(=O)NS(C)(=O)=O)cc2F)cc1Cl. The number of aromatic nitrogens is 1. The smallest absolute Gasteiger partial charge is 0.267 e. The number of carbonyl (C=O) groups excluding carboxylic acids is 1. The van der Waals surface area contributed by atoms with E-state index in [0.717, 1.165) is 0 Å². The Balaban J connectivity index is 2.26. The molecule has 0 aliphatic carbocycles. The summed E-state index contributed by atoms with van der Waals surface area (Å²) in [4.78, 5) is 15.6. The zero-order chi connectivity index (χ0) is 20.4. The minimum atomic E-state index is -3.93. The molecule has 1 amide bonds. The Kier molecular flexibility index (Phi) is 6.22. The summed E-state index contributed by atoms with van der Waals surface area (Å²) in [6.07, 6.45) is 1.74. The molecule has 1 N–H and O–H groups in total. The molecule has 11 heteroatoms. The Morgan fingerprint density at radius 1 is 1.22 bits per heavy atom. The number of pyridine rings is 1. The summed E-state index contributed by atoms with van der Waals surface area (Å²) in [5.41, 5.74) is -0.790. The topological polar surface area (TPSA) is 94.6 Å². The van der Waals surface area contributed by atoms with Gasteiger partial charge in [-0.3, -0.25) is 4.79 Å². The van der Waals surface area contributed by atoms with Gasteiger partial charge in [0.15, 0.2) is 11.6 Å². The molecule has 0 aliphatic rings. The molecule has 0 fully saturated rings. The molecule has 146 valence electrons. The van der Waals surface area contributed by atoms with E-state index in [1.54, 1.807) is 18.6 Å². The summed E-state index contributed by atoms with van der Waals surface area (Å²) in [7, 11) is -3.93. The third kappa shape index (κ3) is 5.76. The van der Waals surface area contributed by atoms with Gasteiger partial charge in [-0.05, 0) is 19.9 Å². The lowest BCUT2D eigenvalue weighted by molar-refractivity contribution is 0.0977. The fourth-order valence-corrected chi connectivity index (χ4v) is 2.55. The quantitative estimate of drug-likeness (QED) is 0.770. The van der Waals surface area contributed by atoms with Gasteiger partial charge in [-0.1, -0.05) is 11.6 Å². The maximum atomic E-state index is 14.2. The average Bonchev–Trinajstić information content (AvgIpc) is 2.51. The molecule has 7 nitrogen and oxygen atoms in total. The van der Waals surface area contributed by atoms with Crippen LogP contribution in [0.5, 0.6) is 17.4 Å². The van der Waals surface area contributed by atoms with Crippen LogP contribution in [0.15, 0.2) is 24.4 Å². The summed E-state index contributed by atoms with van der Waals surface area (Å²) >= 11 is 5.99. The van der Waals surface area contributed by atoms with E-state index in [1.807, 2.05) is 0 Å². The van der Waals surface area contributed by atoms with Crippen LogP contribution in [-0.4, -0.2) is 31.7 Å². The number of amides is 1. The summed E-state index contributed by atoms with van der Waals surface area (Å²) in [6, 6.07) is 2.43. The van der Waals surface area contributed by atoms with Gasteiger partial charge >= 0.3 is 0 Å². The second kappa shape index (κ2) is 8.05. The van der Waals surface area contributed by atoms with Crippen molar-refractivity contribution in [1.82, 2.24) is 9.71 Å². The number of rotatable bonds is 6. The first kappa shape index (κ1) is 20.8. The molecule has 0 saturated heterocycles. The monoisotopic (exact) mass is 420 g/mol. The molecular weight excluding hydrogens is 406 g/mol. The van der Waals surface area contributed by atoms with Crippen LogP contribution >= 0.6 is 11.6 Å². The molecular formula is C16H15ClF2N2O5S. The highest BCUT2D eigenvalue weighted by Crippen LogP contribution is 2.31. The summed E-state index contributed by atoms with van der Waals surface area (Å²) in [5.74, 6) is -3.96. The van der Waals surface area contributed by atoms with Gasteiger partial charge in [-0.25, -0.2) is 26.9 Å². The maximum Gasteiger partial charge on any atom is 0.267 e. The number of nitrogens with one attached hydrogen (secondary N) is 1. The third-order valence-corrected chi connectivity index (χ3v) is 3.73. The highest BCUT2D eigenvalue weighted by Gasteiger charge is 2.20. The lowest BCUT2D eigenvalue weighted by Gasteiger charge is -2.12. The largest absolute Gasteiger partial charge is 0.474 e. The third-order valence-electron chi connectivity index (χ3n) is 2.90. The lowest BCUT2D eigenvalue weighted by atomic mass is 10.2. The van der Waals surface area contributed by atoms with Gasteiger partial charge in [-0.15, -0.1) is 0 Å². The van der Waals surface area contributed by atoms with Crippen molar-refractivity contribution in [1.29, 1.82) is 0 Å². The molecule has 0 bridgehead atoms. The average molecular weight is 421 g/mol. The number of benzene rings is 1. The Morgan fingerprint density at radius 2 is 1.89 bits per heavy atom. The highest BCUT2D eigenvalue weighted by atomic mass is 35.5. The fraction of sp³-hybridized carbons (Fsp3) is 0.250. The van der Waals surface area contributed by atoms with Crippen LogP contribution in [0.1, 0.15) is 24.2 Å². The number of hydrogen-bond acceptors (Lipinski definition) is 6. The van der Waals surface area contributed by atoms with Crippen molar-refractivity contribution in [3.8, 4) is 17.4 Å². The van der Waals surface area contributed by atoms with Gasteiger partial charge in [-0.2, -0.15) is 0 Å². The van der Waals surface area contributed by atoms with Gasteiger partial charge in [0.05, 0.1) is 24.1 Å². The first-order valence-corrected chi connectivity index (χ1v) is 9.74. The second-order valence-electron chi connectivity index (χ2n) is 5.69. The number of halogens is 3. The van der Waals surface area contributed by atoms with E-state index in [4.69, 9.17) is 21.1 Å². The maximum absolute atomic E-state index is 14.2. The molecule has 2 aromatic rings. The zero-order valence-corrected chi connectivity index (χ0v) is 16.0. The standard InChI is InChI=1S/C16H15ClF2N2O5S/c1-8(2)25-16-11(17)4-9(7-20-16)26-14-6-12(18)10(5-13(14)19)15(22)21-27(3,23)24/h4-8H,1-3H3,(H,21,22). The number of hydrogen-bond donors (Lipinski definition) is 1. The van der Waals surface area contributed by atoms with Crippen molar-refractivity contribution in [2.45, 2.75) is 20.0 Å². The van der Waals surface area contributed by atoms with E-state index in [0.29, 0.717) is 18.4 Å². The van der Waals surface area contributed by atoms with E-state index >= 15 is 0 Å². The zero-order valence-electron chi connectivity index (χ0n) is 14.4. The predicted octanol–water partition coefficient (Wildman–Crippen LogP) is 3.28. The summed E-state index contributed by atoms with van der Waals surface area (Å²) in [5, 5.41) is 0.103. The minimum Gasteiger partial charge on any atom is -0.474 e. The highest BCUT2D eigenvalue weighted by molar-refractivity contribution is 7.89. The molecule has 27 heavy (non-hydrogen) atoms. The molecule has 2 rings (SSSR count). The molecule has 1 heterocycles. The van der Waals surface area contributed by atoms with E-state index < -0.39 is 38.9 Å². The predicted molar refractivity (Wildman–Crippen MR) is 93.8 cm³/mol. The normalized spacial score (nSPS) is 11.4. The van der Waals surface area contributed by atoms with E-state index in [1.165, 1.54) is 12.3 Å². The van der Waals surface area contributed by atoms with Gasteiger partial charge in [0.25, 0.3) is 5.91 Å². The fourth-order valence-electron chi connectivity index (χ4n) is 1.90. The molecule has 0 atom stereocenters. The second-order valence-corrected chi connectivity index (χ2v) is 7.85. The van der Waals surface area contributed by atoms with Crippen LogP contribution in [0.25, 0.3) is 0 Å². The number of nitrogens with zero attached hydrogens (tertiary/aromatic N) is 1. The van der Waals surface area contributed by atoms with E-state index in [9.17, 15) is 22.0 Å². The van der Waals surface area contributed by atoms with Crippen LogP contribution in [0.3, 0.4) is 0 Å². The van der Waals surface area contributed by atoms with Crippen molar-refractivity contribution in [2.24, 2.45) is 0 Å². The minimum absolute atomic E-state index is 0.00254. The molecule has 1 aromatic carbocycles. The lowest BCUT2D eigenvalue weighted by Crippen LogP contribution is -2.30. The summed E-state index contributed by atoms with van der Waals surface area (Å²) < 4.78 is 62.4. The molecule has 0 unspecified atom stereocenters. The number of ether oxygens (including phenoxy) is 2. The van der Waals surface area contributed by atoms with Crippen molar-refractivity contribution in [3.63, 3.8) is 0 Å². The molecule has 0 spiro atoms. The van der Waals surface area contributed by atoms with Gasteiger partial charge in [0.2, 0.25) is 15.9 Å².